The summed E-state index contributed by atoms with van der Waals surface area (Å²) >= 11 is 0. The minimum atomic E-state index is -2.35. The summed E-state index contributed by atoms with van der Waals surface area (Å²) in [5, 5.41) is 57.8. The Balaban J connectivity index is 1.11. The van der Waals surface area contributed by atoms with Crippen molar-refractivity contribution in [2.75, 3.05) is 32.8 Å². The van der Waals surface area contributed by atoms with E-state index in [4.69, 9.17) is 18.9 Å². The van der Waals surface area contributed by atoms with Gasteiger partial charge in [-0.1, -0.05) is 6.92 Å². The van der Waals surface area contributed by atoms with Crippen LogP contribution < -0.4 is 25.3 Å². The lowest BCUT2D eigenvalue weighted by Gasteiger charge is -2.43. The van der Waals surface area contributed by atoms with Crippen LogP contribution in [0.15, 0.2) is 78.4 Å². The predicted molar refractivity (Wildman–Crippen MR) is 206 cm³/mol. The highest BCUT2D eigenvalue weighted by molar-refractivity contribution is 5.90. The number of aliphatic imine (C=N–C) groups is 2. The number of carbonyl (C=O) groups is 1. The molecule has 10 atom stereocenters. The fourth-order valence-electron chi connectivity index (χ4n) is 9.10. The summed E-state index contributed by atoms with van der Waals surface area (Å²) in [4.78, 5) is 48.1. The van der Waals surface area contributed by atoms with Gasteiger partial charge in [0.25, 0.3) is 0 Å². The van der Waals surface area contributed by atoms with Gasteiger partial charge < -0.3 is 40.0 Å². The first kappa shape index (κ1) is 39.5. The third-order valence-electron chi connectivity index (χ3n) is 12.4. The third-order valence-corrected chi connectivity index (χ3v) is 12.4. The summed E-state index contributed by atoms with van der Waals surface area (Å²) < 4.78 is 13.4. The molecule has 16 nitrogen and oxygen atoms in total. The van der Waals surface area contributed by atoms with E-state index in [0.717, 1.165) is 34.0 Å². The zero-order valence-electron chi connectivity index (χ0n) is 32.2. The molecule has 1 aromatic carbocycles. The Bertz CT molecular complexity index is 2190. The molecule has 0 aliphatic carbocycles. The summed E-state index contributed by atoms with van der Waals surface area (Å²) in [5.41, 5.74) is 1.58. The van der Waals surface area contributed by atoms with Crippen molar-refractivity contribution in [3.63, 3.8) is 0 Å². The Morgan fingerprint density at radius 3 is 2.67 bits per heavy atom. The van der Waals surface area contributed by atoms with Gasteiger partial charge in [0.05, 0.1) is 12.0 Å². The number of aliphatic hydroxyl groups is 5. The van der Waals surface area contributed by atoms with E-state index in [2.05, 4.69) is 22.2 Å². The molecule has 1 saturated heterocycles. The number of benzene rings is 1. The van der Waals surface area contributed by atoms with Crippen molar-refractivity contribution in [1.29, 1.82) is 0 Å². The minimum absolute atomic E-state index is 0.0105. The van der Waals surface area contributed by atoms with Crippen molar-refractivity contribution in [3.05, 3.63) is 80.8 Å². The van der Waals surface area contributed by atoms with Gasteiger partial charge >= 0.3 is 0 Å². The molecule has 16 heteroatoms. The van der Waals surface area contributed by atoms with E-state index in [-0.39, 0.29) is 36.3 Å². The number of rotatable bonds is 15. The highest BCUT2D eigenvalue weighted by Crippen LogP contribution is 2.45. The van der Waals surface area contributed by atoms with Crippen LogP contribution in [0.1, 0.15) is 50.9 Å². The van der Waals surface area contributed by atoms with Gasteiger partial charge in [0.15, 0.2) is 22.5 Å². The summed E-state index contributed by atoms with van der Waals surface area (Å²) in [7, 11) is 0. The maximum Gasteiger partial charge on any atom is 0.222 e. The van der Waals surface area contributed by atoms with Crippen LogP contribution in [0.3, 0.4) is 0 Å². The number of allylic oxidation sites excluding steroid dienone is 2. The van der Waals surface area contributed by atoms with Gasteiger partial charge in [0, 0.05) is 67.6 Å². The lowest BCUT2D eigenvalue weighted by atomic mass is 9.83. The Morgan fingerprint density at radius 2 is 1.91 bits per heavy atom. The first-order valence-electron chi connectivity index (χ1n) is 19.7. The van der Waals surface area contributed by atoms with Crippen molar-refractivity contribution in [1.82, 2.24) is 5.32 Å². The molecule has 0 bridgehead atoms. The zero-order chi connectivity index (χ0) is 40.2. The average Bonchev–Trinajstić information content (AvgIpc) is 4.03. The largest absolute Gasteiger partial charge is 0.478 e. The molecule has 8 rings (SSSR count). The number of nitrogens with one attached hydrogen (secondary N) is 3. The number of amides is 1. The van der Waals surface area contributed by atoms with Crippen LogP contribution in [-0.2, 0) is 21.0 Å². The van der Waals surface area contributed by atoms with Crippen molar-refractivity contribution in [2.24, 2.45) is 15.9 Å². The fraction of sp³-hybridized carbons (Fsp3) is 0.512. The molecule has 6 aliphatic heterocycles. The number of aliphatic hydroxyl groups excluding tert-OH is 4. The molecule has 0 spiro atoms. The topological polar surface area (TPSA) is 222 Å². The molecule has 8 N–H and O–H groups in total. The van der Waals surface area contributed by atoms with Crippen LogP contribution in [0.4, 0.5) is 5.69 Å². The number of hydrogen-bond donors (Lipinski definition) is 8. The molecule has 0 saturated carbocycles. The third kappa shape index (κ3) is 7.12. The molecule has 57 heavy (non-hydrogen) atoms. The maximum atomic E-state index is 13.6. The molecule has 7 heterocycles. The van der Waals surface area contributed by atoms with Gasteiger partial charge in [-0.3, -0.25) is 29.4 Å². The monoisotopic (exact) mass is 789 g/mol. The molecule has 1 amide bonds. The molecule has 6 aliphatic rings. The number of nitrogens with zero attached hydrogens (tertiary/aromatic N) is 2. The summed E-state index contributed by atoms with van der Waals surface area (Å²) in [6.07, 6.45) is 7.22. The van der Waals surface area contributed by atoms with E-state index in [1.54, 1.807) is 31.5 Å². The lowest BCUT2D eigenvalue weighted by Crippen LogP contribution is -3.11. The molecule has 1 fully saturated rings. The van der Waals surface area contributed by atoms with Crippen molar-refractivity contribution in [3.8, 4) is 5.75 Å². The molecule has 0 radical (unpaired) electrons. The maximum absolute atomic E-state index is 13.6. The SMILES string of the molecule is CCC1C2=CC=NC2=C[NH+]1c1c2c(cc3c(=O)cc(C)oc13)C[C@@H](OOC[C@H](O)[C@](O)(C[NH+]1CC=C3N=CC=C31)[C@H](O)[C@H](O)CO)[C@@](C)(CC[C@@H]1CNC(=O)C1)O2. The van der Waals surface area contributed by atoms with Gasteiger partial charge in [-0.2, -0.15) is 0 Å². The van der Waals surface area contributed by atoms with Crippen LogP contribution in [0.25, 0.3) is 11.0 Å². The Hall–Kier alpha value is -4.36. The second-order valence-corrected chi connectivity index (χ2v) is 16.2. The van der Waals surface area contributed by atoms with Crippen LogP contribution in [0, 0.1) is 12.8 Å². The molecule has 3 unspecified atom stereocenters. The molecular weight excluding hydrogens is 738 g/mol. The quantitative estimate of drug-likeness (QED) is 0.0787. The Morgan fingerprint density at radius 1 is 1.12 bits per heavy atom. The number of ether oxygens (including phenoxy) is 1. The van der Waals surface area contributed by atoms with Crippen LogP contribution in [0.5, 0.6) is 5.75 Å². The smallest absolute Gasteiger partial charge is 0.222 e. The van der Waals surface area contributed by atoms with Gasteiger partial charge in [0.2, 0.25) is 17.2 Å². The number of quaternary nitrogens is 2. The number of hydrogen-bond acceptors (Lipinski definition) is 13. The second-order valence-electron chi connectivity index (χ2n) is 16.2. The molecule has 1 aromatic heterocycles. The number of fused-ring (bicyclic) bond motifs is 4. The van der Waals surface area contributed by atoms with E-state index in [1.165, 1.54) is 6.07 Å². The second kappa shape index (κ2) is 15.4. The summed E-state index contributed by atoms with van der Waals surface area (Å²) in [6, 6.07) is 3.20. The van der Waals surface area contributed by atoms with E-state index in [0.29, 0.717) is 71.0 Å². The molecule has 304 valence electrons. The van der Waals surface area contributed by atoms with Gasteiger partial charge in [-0.05, 0) is 44.7 Å². The fourth-order valence-corrected chi connectivity index (χ4v) is 9.10. The van der Waals surface area contributed by atoms with Crippen molar-refractivity contribution in [2.45, 2.75) is 94.5 Å². The van der Waals surface area contributed by atoms with Gasteiger partial charge in [-0.15, -0.1) is 0 Å². The van der Waals surface area contributed by atoms with Crippen LogP contribution >= 0.6 is 0 Å². The summed E-state index contributed by atoms with van der Waals surface area (Å²) in [6.45, 7) is 4.97. The van der Waals surface area contributed by atoms with Gasteiger partial charge in [0.1, 0.15) is 79.1 Å². The predicted octanol–water partition coefficient (Wildman–Crippen LogP) is -1.25. The standard InChI is InChI=1S/C41H49N5O11/c1-4-29-25-6-10-43-28(25)18-46(29)36-37-24(15-26-31(48)13-22(2)55-38(26)36)16-34(40(3,56-37)9-5-23-14-35(51)44-17-23)57-54-20-33(50)41(53,39(52)32(49)19-47)21-45-12-8-27-30(45)7-11-42-27/h6-8,10-11,13,15,18,23,29,32-34,39,47,49-50,52-53H,4-5,9,12,14,16-17,19-21H2,1-3H3,(H,44,51)/p+2/t23-,29?,32+,33-,34+,39+,40+,41+/m0/s1. The van der Waals surface area contributed by atoms with Crippen LogP contribution in [0.2, 0.25) is 0 Å². The highest BCUT2D eigenvalue weighted by atomic mass is 17.2. The Labute approximate surface area is 328 Å². The lowest BCUT2D eigenvalue weighted by molar-refractivity contribution is -0.856. The highest BCUT2D eigenvalue weighted by Gasteiger charge is 2.52. The first-order chi connectivity index (χ1) is 27.3. The molecule has 2 aromatic rings. The van der Waals surface area contributed by atoms with Gasteiger partial charge in [-0.25, -0.2) is 9.78 Å². The Kier molecular flexibility index (Phi) is 10.7. The van der Waals surface area contributed by atoms with E-state index in [9.17, 15) is 35.1 Å². The van der Waals surface area contributed by atoms with Crippen molar-refractivity contribution < 1.29 is 59.1 Å². The molecular formula is C41H51N5O11+2. The summed E-state index contributed by atoms with van der Waals surface area (Å²) in [5.74, 6) is 1.07. The van der Waals surface area contributed by atoms with Crippen LogP contribution in [-0.4, -0.2) is 118 Å². The van der Waals surface area contributed by atoms with E-state index in [1.807, 2.05) is 25.3 Å². The zero-order valence-corrected chi connectivity index (χ0v) is 32.2. The van der Waals surface area contributed by atoms with Crippen molar-refractivity contribution >= 4 is 35.0 Å². The number of carbonyl (C=O) groups excluding carboxylic acids is 1. The minimum Gasteiger partial charge on any atom is -0.478 e. The average molecular weight is 790 g/mol. The van der Waals surface area contributed by atoms with E-state index >= 15 is 0 Å². The van der Waals surface area contributed by atoms with E-state index < -0.39 is 48.8 Å². The number of aryl methyl sites for hydroxylation is 1. The normalized spacial score (nSPS) is 29.8. The first-order valence-corrected chi connectivity index (χ1v) is 19.7.